The maximum Gasteiger partial charge on any atom is 0.284 e. The monoisotopic (exact) mass is 433 g/mol. The smallest absolute Gasteiger partial charge is 0.284 e. The molecule has 1 N–H and O–H groups in total. The molecule has 0 spiro atoms. The molecule has 29 heavy (non-hydrogen) atoms. The molecule has 1 saturated heterocycles. The fraction of sp³-hybridized carbons (Fsp3) is 0.316. The number of aromatic nitrogens is 2. The van der Waals surface area contributed by atoms with E-state index >= 15 is 0 Å². The van der Waals surface area contributed by atoms with E-state index in [-0.39, 0.29) is 17.6 Å². The largest absolute Gasteiger partial charge is 0.459 e. The molecular weight excluding hydrogens is 414 g/mol. The van der Waals surface area contributed by atoms with Crippen LogP contribution in [0.3, 0.4) is 0 Å². The minimum Gasteiger partial charge on any atom is -0.459 e. The summed E-state index contributed by atoms with van der Waals surface area (Å²) < 4.78 is 10.7. The molecule has 0 bridgehead atoms. The molecule has 0 saturated carbocycles. The number of benzene rings is 1. The van der Waals surface area contributed by atoms with Crippen molar-refractivity contribution in [2.24, 2.45) is 0 Å². The number of halogens is 1. The summed E-state index contributed by atoms with van der Waals surface area (Å²) in [5.74, 6) is 0.731. The van der Waals surface area contributed by atoms with E-state index in [0.717, 1.165) is 43.6 Å². The van der Waals surface area contributed by atoms with Gasteiger partial charge in [0.2, 0.25) is 5.91 Å². The molecule has 1 aliphatic rings. The van der Waals surface area contributed by atoms with Gasteiger partial charge in [-0.1, -0.05) is 29.4 Å². The molecule has 1 fully saturated rings. The van der Waals surface area contributed by atoms with Crippen molar-refractivity contribution in [2.45, 2.75) is 5.22 Å². The lowest BCUT2D eigenvalue weighted by Crippen LogP contribution is -2.44. The predicted molar refractivity (Wildman–Crippen MR) is 113 cm³/mol. The van der Waals surface area contributed by atoms with E-state index in [1.54, 1.807) is 12.1 Å². The molecule has 4 rings (SSSR count). The number of carbonyl (C=O) groups excluding carboxylic acids is 1. The zero-order valence-electron chi connectivity index (χ0n) is 15.8. The molecule has 1 aliphatic heterocycles. The number of anilines is 2. The van der Waals surface area contributed by atoms with Crippen LogP contribution in [0.4, 0.5) is 11.4 Å². The van der Waals surface area contributed by atoms with E-state index in [4.69, 9.17) is 20.4 Å². The Morgan fingerprint density at radius 3 is 2.79 bits per heavy atom. The molecule has 0 radical (unpaired) electrons. The van der Waals surface area contributed by atoms with Crippen LogP contribution in [0.25, 0.3) is 11.7 Å². The van der Waals surface area contributed by atoms with Gasteiger partial charge in [-0.25, -0.2) is 0 Å². The number of nitrogens with one attached hydrogen (secondary N) is 1. The Hall–Kier alpha value is -2.49. The van der Waals surface area contributed by atoms with E-state index in [0.29, 0.717) is 21.7 Å². The van der Waals surface area contributed by atoms with Crippen LogP contribution in [-0.4, -0.2) is 60.0 Å². The molecule has 1 amide bonds. The van der Waals surface area contributed by atoms with Crippen LogP contribution >= 0.6 is 23.4 Å². The Bertz CT molecular complexity index is 970. The molecule has 0 aliphatic carbocycles. The van der Waals surface area contributed by atoms with Gasteiger partial charge in [0, 0.05) is 26.2 Å². The van der Waals surface area contributed by atoms with Gasteiger partial charge in [-0.3, -0.25) is 4.79 Å². The normalized spacial score (nSPS) is 14.9. The molecule has 10 heteroatoms. The van der Waals surface area contributed by atoms with Gasteiger partial charge in [-0.05, 0) is 31.3 Å². The number of rotatable bonds is 6. The van der Waals surface area contributed by atoms with Gasteiger partial charge < -0.3 is 24.0 Å². The van der Waals surface area contributed by atoms with Gasteiger partial charge in [-0.2, -0.15) is 0 Å². The van der Waals surface area contributed by atoms with Gasteiger partial charge in [-0.15, -0.1) is 10.2 Å². The van der Waals surface area contributed by atoms with Crippen molar-refractivity contribution >= 4 is 40.6 Å². The zero-order valence-corrected chi connectivity index (χ0v) is 17.4. The maximum absolute atomic E-state index is 12.5. The minimum absolute atomic E-state index is 0.133. The van der Waals surface area contributed by atoms with Crippen molar-refractivity contribution in [3.05, 3.63) is 41.6 Å². The number of hydrogen-bond donors (Lipinski definition) is 1. The average molecular weight is 434 g/mol. The zero-order chi connectivity index (χ0) is 20.2. The highest BCUT2D eigenvalue weighted by Crippen LogP contribution is 2.34. The second kappa shape index (κ2) is 8.89. The van der Waals surface area contributed by atoms with Crippen molar-refractivity contribution < 1.29 is 13.6 Å². The Kier molecular flexibility index (Phi) is 6.08. The Labute approximate surface area is 177 Å². The Morgan fingerprint density at radius 2 is 2.03 bits per heavy atom. The molecular formula is C19H20ClN5O3S. The molecule has 1 aromatic carbocycles. The number of piperazine rings is 1. The fourth-order valence-electron chi connectivity index (χ4n) is 3.05. The van der Waals surface area contributed by atoms with Crippen LogP contribution in [0, 0.1) is 0 Å². The van der Waals surface area contributed by atoms with E-state index in [2.05, 4.69) is 32.4 Å². The third kappa shape index (κ3) is 4.75. The lowest BCUT2D eigenvalue weighted by molar-refractivity contribution is -0.113. The molecule has 3 heterocycles. The summed E-state index contributed by atoms with van der Waals surface area (Å²) in [6.07, 6.45) is 1.53. The molecule has 0 atom stereocenters. The maximum atomic E-state index is 12.5. The summed E-state index contributed by atoms with van der Waals surface area (Å²) in [6, 6.07) is 9.01. The van der Waals surface area contributed by atoms with E-state index in [9.17, 15) is 4.79 Å². The molecule has 2 aromatic heterocycles. The number of nitrogens with zero attached hydrogens (tertiary/aromatic N) is 4. The third-order valence-electron chi connectivity index (χ3n) is 4.55. The standard InChI is InChI=1S/C19H20ClN5O3S/c1-24-7-9-25(10-8-24)17-13(20)4-2-5-14(17)21-16(26)12-29-19-23-22-18(28-19)15-6-3-11-27-15/h2-6,11H,7-10,12H2,1H3,(H,21,26). The second-order valence-corrected chi connectivity index (χ2v) is 7.95. The van der Waals surface area contributed by atoms with E-state index < -0.39 is 0 Å². The first kappa shape index (κ1) is 19.8. The topological polar surface area (TPSA) is 87.6 Å². The first-order chi connectivity index (χ1) is 14.1. The number of para-hydroxylation sites is 1. The predicted octanol–water partition coefficient (Wildman–Crippen LogP) is 3.47. The number of amides is 1. The summed E-state index contributed by atoms with van der Waals surface area (Å²) in [6.45, 7) is 3.61. The lowest BCUT2D eigenvalue weighted by atomic mass is 10.2. The Morgan fingerprint density at radius 1 is 1.21 bits per heavy atom. The quantitative estimate of drug-likeness (QED) is 0.591. The van der Waals surface area contributed by atoms with Crippen LogP contribution in [0.15, 0.2) is 50.7 Å². The first-order valence-corrected chi connectivity index (χ1v) is 10.5. The minimum atomic E-state index is -0.176. The van der Waals surface area contributed by atoms with E-state index in [1.165, 1.54) is 6.26 Å². The SMILES string of the molecule is CN1CCN(c2c(Cl)cccc2NC(=O)CSc2nnc(-c3ccco3)o2)CC1. The number of hydrogen-bond acceptors (Lipinski definition) is 8. The average Bonchev–Trinajstić information content (AvgIpc) is 3.39. The van der Waals surface area contributed by atoms with Crippen LogP contribution in [0.2, 0.25) is 5.02 Å². The molecule has 0 unspecified atom stereocenters. The second-order valence-electron chi connectivity index (χ2n) is 6.61. The van der Waals surface area contributed by atoms with Crippen LogP contribution < -0.4 is 10.2 Å². The highest BCUT2D eigenvalue weighted by molar-refractivity contribution is 7.99. The molecule has 3 aromatic rings. The summed E-state index contributed by atoms with van der Waals surface area (Å²) in [7, 11) is 2.10. The molecule has 8 nitrogen and oxygen atoms in total. The van der Waals surface area contributed by atoms with Crippen molar-refractivity contribution in [3.63, 3.8) is 0 Å². The van der Waals surface area contributed by atoms with Gasteiger partial charge in [0.1, 0.15) is 0 Å². The van der Waals surface area contributed by atoms with Gasteiger partial charge in [0.05, 0.1) is 28.4 Å². The van der Waals surface area contributed by atoms with Crippen molar-refractivity contribution in [3.8, 4) is 11.7 Å². The lowest BCUT2D eigenvalue weighted by Gasteiger charge is -2.35. The highest BCUT2D eigenvalue weighted by Gasteiger charge is 2.21. The third-order valence-corrected chi connectivity index (χ3v) is 5.67. The van der Waals surface area contributed by atoms with Crippen molar-refractivity contribution in [1.82, 2.24) is 15.1 Å². The Balaban J connectivity index is 1.39. The van der Waals surface area contributed by atoms with Crippen molar-refractivity contribution in [2.75, 3.05) is 49.2 Å². The number of likely N-dealkylation sites (N-methyl/N-ethyl adjacent to an activating group) is 1. The van der Waals surface area contributed by atoms with Gasteiger partial charge in [0.15, 0.2) is 5.76 Å². The van der Waals surface area contributed by atoms with Crippen LogP contribution in [-0.2, 0) is 4.79 Å². The molecule has 152 valence electrons. The van der Waals surface area contributed by atoms with Crippen molar-refractivity contribution in [1.29, 1.82) is 0 Å². The van der Waals surface area contributed by atoms with Gasteiger partial charge >= 0.3 is 0 Å². The summed E-state index contributed by atoms with van der Waals surface area (Å²) in [4.78, 5) is 17.0. The van der Waals surface area contributed by atoms with Crippen LogP contribution in [0.5, 0.6) is 0 Å². The summed E-state index contributed by atoms with van der Waals surface area (Å²) in [5.41, 5.74) is 1.56. The number of furan rings is 1. The fourth-order valence-corrected chi connectivity index (χ4v) is 3.91. The van der Waals surface area contributed by atoms with Crippen LogP contribution in [0.1, 0.15) is 0 Å². The highest BCUT2D eigenvalue weighted by atomic mass is 35.5. The number of thioether (sulfide) groups is 1. The first-order valence-electron chi connectivity index (χ1n) is 9.12. The van der Waals surface area contributed by atoms with E-state index in [1.807, 2.05) is 18.2 Å². The van der Waals surface area contributed by atoms with Gasteiger partial charge in [0.25, 0.3) is 11.1 Å². The summed E-state index contributed by atoms with van der Waals surface area (Å²) >= 11 is 7.62. The number of carbonyl (C=O) groups is 1. The summed E-state index contributed by atoms with van der Waals surface area (Å²) in [5, 5.41) is 11.7.